The van der Waals surface area contributed by atoms with Crippen LogP contribution in [0.3, 0.4) is 0 Å². The van der Waals surface area contributed by atoms with Gasteiger partial charge in [-0.3, -0.25) is 4.79 Å². The Kier molecular flexibility index (Phi) is 7.11. The summed E-state index contributed by atoms with van der Waals surface area (Å²) in [5.41, 5.74) is 2.39. The minimum absolute atomic E-state index is 0.141. The summed E-state index contributed by atoms with van der Waals surface area (Å²) in [6.45, 7) is 0.420. The van der Waals surface area contributed by atoms with E-state index < -0.39 is 0 Å². The van der Waals surface area contributed by atoms with Crippen molar-refractivity contribution < 1.29 is 23.7 Å². The lowest BCUT2D eigenvalue weighted by atomic mass is 10.1. The Hall–Kier alpha value is -3.73. The summed E-state index contributed by atoms with van der Waals surface area (Å²) >= 11 is 0. The maximum Gasteiger partial charge on any atom is 0.185 e. The van der Waals surface area contributed by atoms with Crippen molar-refractivity contribution in [3.05, 3.63) is 89.5 Å². The van der Waals surface area contributed by atoms with Gasteiger partial charge in [0.1, 0.15) is 6.61 Å². The summed E-state index contributed by atoms with van der Waals surface area (Å²) in [6.07, 6.45) is 3.25. The van der Waals surface area contributed by atoms with E-state index in [-0.39, 0.29) is 5.78 Å². The minimum Gasteiger partial charge on any atom is -0.493 e. The summed E-state index contributed by atoms with van der Waals surface area (Å²) in [6, 6.07) is 20.5. The van der Waals surface area contributed by atoms with Crippen molar-refractivity contribution in [3.63, 3.8) is 0 Å². The second kappa shape index (κ2) is 10.2. The van der Waals surface area contributed by atoms with Crippen LogP contribution >= 0.6 is 0 Å². The molecule has 0 aliphatic heterocycles. The standard InChI is InChI=1S/C25H24O5/c1-27-22-13-10-18(15-24(22)28-2)9-12-21(26)20-11-14-23(25(16-20)29-3)30-17-19-7-5-4-6-8-19/h4-16H,17H2,1-3H3/b12-9+. The molecule has 0 atom stereocenters. The van der Waals surface area contributed by atoms with E-state index in [0.29, 0.717) is 35.2 Å². The van der Waals surface area contributed by atoms with Gasteiger partial charge >= 0.3 is 0 Å². The summed E-state index contributed by atoms with van der Waals surface area (Å²) in [5, 5.41) is 0. The lowest BCUT2D eigenvalue weighted by Crippen LogP contribution is -2.00. The molecule has 0 amide bonds. The first-order valence-electron chi connectivity index (χ1n) is 9.44. The molecule has 0 fully saturated rings. The monoisotopic (exact) mass is 404 g/mol. The predicted octanol–water partition coefficient (Wildman–Crippen LogP) is 5.19. The van der Waals surface area contributed by atoms with Crippen molar-refractivity contribution in [3.8, 4) is 23.0 Å². The average molecular weight is 404 g/mol. The molecule has 0 saturated heterocycles. The Morgan fingerprint density at radius 3 is 2.13 bits per heavy atom. The first-order chi connectivity index (χ1) is 14.6. The van der Waals surface area contributed by atoms with Gasteiger partial charge < -0.3 is 18.9 Å². The molecule has 0 saturated carbocycles. The molecular weight excluding hydrogens is 380 g/mol. The predicted molar refractivity (Wildman–Crippen MR) is 117 cm³/mol. The Labute approximate surface area is 176 Å². The number of carbonyl (C=O) groups is 1. The summed E-state index contributed by atoms with van der Waals surface area (Å²) in [5.74, 6) is 2.20. The van der Waals surface area contributed by atoms with Crippen molar-refractivity contribution in [1.29, 1.82) is 0 Å². The molecule has 0 heterocycles. The van der Waals surface area contributed by atoms with Crippen LogP contribution in [0.15, 0.2) is 72.8 Å². The molecule has 154 valence electrons. The van der Waals surface area contributed by atoms with E-state index in [4.69, 9.17) is 18.9 Å². The van der Waals surface area contributed by atoms with Gasteiger partial charge in [0.2, 0.25) is 0 Å². The molecule has 0 aliphatic rings. The maximum atomic E-state index is 12.6. The zero-order valence-electron chi connectivity index (χ0n) is 17.3. The lowest BCUT2D eigenvalue weighted by Gasteiger charge is -2.11. The van der Waals surface area contributed by atoms with Crippen molar-refractivity contribution in [2.24, 2.45) is 0 Å². The molecule has 0 bridgehead atoms. The Morgan fingerprint density at radius 2 is 1.43 bits per heavy atom. The maximum absolute atomic E-state index is 12.6. The first-order valence-corrected chi connectivity index (χ1v) is 9.44. The van der Waals surface area contributed by atoms with Crippen LogP contribution in [0.4, 0.5) is 0 Å². The molecule has 0 unspecified atom stereocenters. The number of ketones is 1. The fourth-order valence-electron chi connectivity index (χ4n) is 2.90. The van der Waals surface area contributed by atoms with Gasteiger partial charge in [-0.15, -0.1) is 0 Å². The largest absolute Gasteiger partial charge is 0.493 e. The Balaban J connectivity index is 1.72. The number of benzene rings is 3. The van der Waals surface area contributed by atoms with Gasteiger partial charge in [0, 0.05) is 5.56 Å². The molecule has 0 aromatic heterocycles. The van der Waals surface area contributed by atoms with Crippen LogP contribution in [0.2, 0.25) is 0 Å². The van der Waals surface area contributed by atoms with Crippen molar-refractivity contribution in [2.45, 2.75) is 6.61 Å². The first kappa shape index (κ1) is 21.0. The third-order valence-corrected chi connectivity index (χ3v) is 4.52. The number of allylic oxidation sites excluding steroid dienone is 1. The second-order valence-corrected chi connectivity index (χ2v) is 6.45. The van der Waals surface area contributed by atoms with Crippen LogP contribution in [0.25, 0.3) is 6.08 Å². The highest BCUT2D eigenvalue weighted by atomic mass is 16.5. The van der Waals surface area contributed by atoms with Crippen LogP contribution in [0, 0.1) is 0 Å². The highest BCUT2D eigenvalue weighted by molar-refractivity contribution is 6.07. The van der Waals surface area contributed by atoms with E-state index in [0.717, 1.165) is 11.1 Å². The molecule has 5 nitrogen and oxygen atoms in total. The van der Waals surface area contributed by atoms with E-state index in [1.807, 2.05) is 42.5 Å². The SMILES string of the molecule is COc1ccc(/C=C/C(=O)c2ccc(OCc3ccccc3)c(OC)c2)cc1OC. The number of rotatable bonds is 9. The van der Waals surface area contributed by atoms with Gasteiger partial charge in [0.05, 0.1) is 21.3 Å². The van der Waals surface area contributed by atoms with Crippen molar-refractivity contribution in [1.82, 2.24) is 0 Å². The number of methoxy groups -OCH3 is 3. The van der Waals surface area contributed by atoms with E-state index in [2.05, 4.69) is 0 Å². The van der Waals surface area contributed by atoms with Crippen LogP contribution in [0.5, 0.6) is 23.0 Å². The van der Waals surface area contributed by atoms with Gasteiger partial charge in [-0.1, -0.05) is 42.5 Å². The van der Waals surface area contributed by atoms with Gasteiger partial charge in [0.15, 0.2) is 28.8 Å². The van der Waals surface area contributed by atoms with Crippen molar-refractivity contribution >= 4 is 11.9 Å². The van der Waals surface area contributed by atoms with Crippen LogP contribution in [-0.2, 0) is 6.61 Å². The van der Waals surface area contributed by atoms with Gasteiger partial charge in [-0.05, 0) is 47.5 Å². The van der Waals surface area contributed by atoms with Crippen molar-refractivity contribution in [2.75, 3.05) is 21.3 Å². The summed E-state index contributed by atoms with van der Waals surface area (Å²) in [7, 11) is 4.71. The highest BCUT2D eigenvalue weighted by Gasteiger charge is 2.10. The molecule has 3 aromatic rings. The molecule has 0 radical (unpaired) electrons. The van der Waals surface area contributed by atoms with E-state index >= 15 is 0 Å². The summed E-state index contributed by atoms with van der Waals surface area (Å²) in [4.78, 5) is 12.6. The minimum atomic E-state index is -0.141. The number of hydrogen-bond donors (Lipinski definition) is 0. The smallest absolute Gasteiger partial charge is 0.185 e. The molecule has 3 rings (SSSR count). The quantitative estimate of drug-likeness (QED) is 0.363. The van der Waals surface area contributed by atoms with E-state index in [1.54, 1.807) is 51.7 Å². The van der Waals surface area contributed by atoms with Crippen LogP contribution < -0.4 is 18.9 Å². The molecule has 0 aliphatic carbocycles. The zero-order chi connectivity index (χ0) is 21.3. The molecule has 3 aromatic carbocycles. The fraction of sp³-hybridized carbons (Fsp3) is 0.160. The molecule has 0 N–H and O–H groups in total. The zero-order valence-corrected chi connectivity index (χ0v) is 17.3. The number of carbonyl (C=O) groups excluding carboxylic acids is 1. The molecular formula is C25H24O5. The van der Waals surface area contributed by atoms with Gasteiger partial charge in [0.25, 0.3) is 0 Å². The molecule has 5 heteroatoms. The molecule has 0 spiro atoms. The second-order valence-electron chi connectivity index (χ2n) is 6.45. The van der Waals surface area contributed by atoms with Crippen LogP contribution in [-0.4, -0.2) is 27.1 Å². The van der Waals surface area contributed by atoms with Gasteiger partial charge in [-0.2, -0.15) is 0 Å². The van der Waals surface area contributed by atoms with Crippen LogP contribution in [0.1, 0.15) is 21.5 Å². The average Bonchev–Trinajstić information content (AvgIpc) is 2.81. The Bertz CT molecular complexity index is 1020. The lowest BCUT2D eigenvalue weighted by molar-refractivity contribution is 0.104. The topological polar surface area (TPSA) is 54.0 Å². The van der Waals surface area contributed by atoms with Gasteiger partial charge in [-0.25, -0.2) is 0 Å². The highest BCUT2D eigenvalue weighted by Crippen LogP contribution is 2.30. The fourth-order valence-corrected chi connectivity index (χ4v) is 2.90. The number of ether oxygens (including phenoxy) is 4. The third-order valence-electron chi connectivity index (χ3n) is 4.52. The Morgan fingerprint density at radius 1 is 0.767 bits per heavy atom. The third kappa shape index (κ3) is 5.20. The molecule has 30 heavy (non-hydrogen) atoms. The summed E-state index contributed by atoms with van der Waals surface area (Å²) < 4.78 is 21.8. The van der Waals surface area contributed by atoms with E-state index in [9.17, 15) is 4.79 Å². The normalized spacial score (nSPS) is 10.6. The number of hydrogen-bond acceptors (Lipinski definition) is 5. The van der Waals surface area contributed by atoms with E-state index in [1.165, 1.54) is 6.08 Å².